The van der Waals surface area contributed by atoms with Crippen molar-refractivity contribution in [3.63, 3.8) is 0 Å². The van der Waals surface area contributed by atoms with Crippen molar-refractivity contribution in [3.05, 3.63) is 28.7 Å². The number of benzene rings is 1. The minimum Gasteiger partial charge on any atom is -0.336 e. The van der Waals surface area contributed by atoms with Crippen LogP contribution >= 0.6 is 15.9 Å². The molecule has 8 heteroatoms. The highest BCUT2D eigenvalue weighted by molar-refractivity contribution is 9.10. The first-order chi connectivity index (χ1) is 10.3. The fourth-order valence-electron chi connectivity index (χ4n) is 2.26. The minimum atomic E-state index is -3.54. The number of sulfonamides is 1. The van der Waals surface area contributed by atoms with Crippen LogP contribution in [0.25, 0.3) is 0 Å². The maximum absolute atomic E-state index is 12.6. The first kappa shape index (κ1) is 17.2. The van der Waals surface area contributed by atoms with Crippen LogP contribution < -0.4 is 5.32 Å². The van der Waals surface area contributed by atoms with Crippen LogP contribution in [0.1, 0.15) is 13.8 Å². The van der Waals surface area contributed by atoms with Crippen LogP contribution in [0.5, 0.6) is 0 Å². The lowest BCUT2D eigenvalue weighted by molar-refractivity contribution is 0.170. The van der Waals surface area contributed by atoms with Gasteiger partial charge in [-0.25, -0.2) is 13.2 Å². The van der Waals surface area contributed by atoms with Crippen LogP contribution in [0.2, 0.25) is 0 Å². The lowest BCUT2D eigenvalue weighted by Gasteiger charge is -2.34. The number of halogens is 1. The second kappa shape index (κ2) is 6.97. The van der Waals surface area contributed by atoms with Crippen LogP contribution in [0.4, 0.5) is 4.79 Å². The first-order valence-corrected chi connectivity index (χ1v) is 9.36. The molecular formula is C14H20BrN3O3S. The summed E-state index contributed by atoms with van der Waals surface area (Å²) in [5, 5.41) is 2.82. The quantitative estimate of drug-likeness (QED) is 0.857. The van der Waals surface area contributed by atoms with Crippen molar-refractivity contribution < 1.29 is 13.2 Å². The fourth-order valence-corrected chi connectivity index (χ4v) is 4.65. The molecule has 0 aliphatic carbocycles. The van der Waals surface area contributed by atoms with Crippen molar-refractivity contribution in [1.82, 2.24) is 14.5 Å². The highest BCUT2D eigenvalue weighted by Crippen LogP contribution is 2.25. The van der Waals surface area contributed by atoms with Gasteiger partial charge in [0.2, 0.25) is 10.0 Å². The lowest BCUT2D eigenvalue weighted by atomic mass is 10.3. The maximum atomic E-state index is 12.6. The van der Waals surface area contributed by atoms with Crippen LogP contribution in [-0.4, -0.2) is 55.9 Å². The minimum absolute atomic E-state index is 0.0644. The Kier molecular flexibility index (Phi) is 5.46. The lowest BCUT2D eigenvalue weighted by Crippen LogP contribution is -2.53. The largest absolute Gasteiger partial charge is 0.336 e. The van der Waals surface area contributed by atoms with Gasteiger partial charge in [0.1, 0.15) is 0 Å². The van der Waals surface area contributed by atoms with E-state index >= 15 is 0 Å². The van der Waals surface area contributed by atoms with Gasteiger partial charge in [0, 0.05) is 36.7 Å². The summed E-state index contributed by atoms with van der Waals surface area (Å²) in [5.74, 6) is 0. The van der Waals surface area contributed by atoms with Gasteiger partial charge >= 0.3 is 6.03 Å². The molecule has 22 heavy (non-hydrogen) atoms. The molecule has 0 spiro atoms. The molecule has 0 aromatic heterocycles. The third kappa shape index (κ3) is 3.80. The Balaban J connectivity index is 2.05. The van der Waals surface area contributed by atoms with Crippen molar-refractivity contribution in [2.45, 2.75) is 24.8 Å². The summed E-state index contributed by atoms with van der Waals surface area (Å²) < 4.78 is 27.3. The average Bonchev–Trinajstić information content (AvgIpc) is 2.47. The van der Waals surface area contributed by atoms with Gasteiger partial charge < -0.3 is 10.2 Å². The van der Waals surface area contributed by atoms with Crippen LogP contribution in [0.3, 0.4) is 0 Å². The smallest absolute Gasteiger partial charge is 0.317 e. The number of hydrogen-bond acceptors (Lipinski definition) is 3. The molecule has 2 rings (SSSR count). The Bertz CT molecular complexity index is 640. The molecule has 6 nitrogen and oxygen atoms in total. The van der Waals surface area contributed by atoms with E-state index in [1.165, 1.54) is 4.31 Å². The number of piperazine rings is 1. The van der Waals surface area contributed by atoms with Crippen molar-refractivity contribution >= 4 is 32.0 Å². The van der Waals surface area contributed by atoms with E-state index in [4.69, 9.17) is 0 Å². The Morgan fingerprint density at radius 3 is 2.32 bits per heavy atom. The van der Waals surface area contributed by atoms with Crippen LogP contribution in [0.15, 0.2) is 33.6 Å². The topological polar surface area (TPSA) is 69.7 Å². The van der Waals surface area contributed by atoms with Gasteiger partial charge in [0.05, 0.1) is 4.90 Å². The molecule has 0 unspecified atom stereocenters. The van der Waals surface area contributed by atoms with Gasteiger partial charge in [-0.15, -0.1) is 0 Å². The molecule has 1 N–H and O–H groups in total. The van der Waals surface area contributed by atoms with E-state index in [1.54, 1.807) is 29.2 Å². The highest BCUT2D eigenvalue weighted by Gasteiger charge is 2.31. The van der Waals surface area contributed by atoms with Gasteiger partial charge in [-0.3, -0.25) is 0 Å². The second-order valence-corrected chi connectivity index (χ2v) is 8.19. The SMILES string of the molecule is CC(C)NC(=O)N1CCN(S(=O)(=O)c2ccccc2Br)CC1. The predicted octanol–water partition coefficient (Wildman–Crippen LogP) is 1.87. The van der Waals surface area contributed by atoms with Crippen molar-refractivity contribution in [2.75, 3.05) is 26.2 Å². The maximum Gasteiger partial charge on any atom is 0.317 e. The second-order valence-electron chi connectivity index (χ2n) is 5.43. The van der Waals surface area contributed by atoms with Gasteiger partial charge in [-0.05, 0) is 41.9 Å². The fraction of sp³-hybridized carbons (Fsp3) is 0.500. The molecular weight excluding hydrogens is 370 g/mol. The number of carbonyl (C=O) groups excluding carboxylic acids is 1. The van der Waals surface area contributed by atoms with E-state index in [1.807, 2.05) is 13.8 Å². The number of rotatable bonds is 3. The first-order valence-electron chi connectivity index (χ1n) is 7.12. The number of urea groups is 1. The zero-order valence-electron chi connectivity index (χ0n) is 12.6. The van der Waals surface area contributed by atoms with Crippen molar-refractivity contribution in [1.29, 1.82) is 0 Å². The summed E-state index contributed by atoms with van der Waals surface area (Å²) in [6, 6.07) is 6.68. The predicted molar refractivity (Wildman–Crippen MR) is 88.1 cm³/mol. The van der Waals surface area contributed by atoms with Gasteiger partial charge in [-0.2, -0.15) is 4.31 Å². The van der Waals surface area contributed by atoms with Crippen LogP contribution in [0, 0.1) is 0 Å². The molecule has 1 saturated heterocycles. The Hall–Kier alpha value is -1.12. The van der Waals surface area contributed by atoms with E-state index < -0.39 is 10.0 Å². The molecule has 1 aliphatic rings. The van der Waals surface area contributed by atoms with Crippen molar-refractivity contribution in [2.24, 2.45) is 0 Å². The third-order valence-corrected chi connectivity index (χ3v) is 6.30. The Morgan fingerprint density at radius 1 is 1.18 bits per heavy atom. The summed E-state index contributed by atoms with van der Waals surface area (Å²) in [5.41, 5.74) is 0. The molecule has 0 radical (unpaired) electrons. The number of amides is 2. The average molecular weight is 390 g/mol. The van der Waals surface area contributed by atoms with Gasteiger partial charge in [0.25, 0.3) is 0 Å². The van der Waals surface area contributed by atoms with E-state index in [-0.39, 0.29) is 17.0 Å². The van der Waals surface area contributed by atoms with Crippen molar-refractivity contribution in [3.8, 4) is 0 Å². The Labute approximate surface area is 139 Å². The molecule has 1 aromatic carbocycles. The molecule has 1 aromatic rings. The summed E-state index contributed by atoms with van der Waals surface area (Å²) >= 11 is 3.28. The Morgan fingerprint density at radius 2 is 1.77 bits per heavy atom. The monoisotopic (exact) mass is 389 g/mol. The van der Waals surface area contributed by atoms with E-state index in [9.17, 15) is 13.2 Å². The number of hydrogen-bond donors (Lipinski definition) is 1. The number of nitrogens with zero attached hydrogens (tertiary/aromatic N) is 2. The molecule has 2 amide bonds. The normalized spacial score (nSPS) is 16.8. The van der Waals surface area contributed by atoms with E-state index in [0.717, 1.165) is 0 Å². The molecule has 1 fully saturated rings. The summed E-state index contributed by atoms with van der Waals surface area (Å²) in [7, 11) is -3.54. The van der Waals surface area contributed by atoms with E-state index in [2.05, 4.69) is 21.2 Å². The summed E-state index contributed by atoms with van der Waals surface area (Å²) in [4.78, 5) is 13.8. The van der Waals surface area contributed by atoms with Gasteiger partial charge in [-0.1, -0.05) is 12.1 Å². The van der Waals surface area contributed by atoms with E-state index in [0.29, 0.717) is 30.7 Å². The molecule has 0 atom stereocenters. The number of carbonyl (C=O) groups is 1. The van der Waals surface area contributed by atoms with Gasteiger partial charge in [0.15, 0.2) is 0 Å². The molecule has 0 saturated carbocycles. The molecule has 122 valence electrons. The summed E-state index contributed by atoms with van der Waals surface area (Å²) in [6.45, 7) is 5.17. The molecule has 1 aliphatic heterocycles. The van der Waals surface area contributed by atoms with Crippen LogP contribution in [-0.2, 0) is 10.0 Å². The highest BCUT2D eigenvalue weighted by atomic mass is 79.9. The number of nitrogens with one attached hydrogen (secondary N) is 1. The standard InChI is InChI=1S/C14H20BrN3O3S/c1-11(2)16-14(19)17-7-9-18(10-8-17)22(20,21)13-6-4-3-5-12(13)15/h3-6,11H,7-10H2,1-2H3,(H,16,19). The molecule has 1 heterocycles. The summed E-state index contributed by atoms with van der Waals surface area (Å²) in [6.07, 6.45) is 0. The molecule has 0 bridgehead atoms. The zero-order chi connectivity index (χ0) is 16.3. The zero-order valence-corrected chi connectivity index (χ0v) is 15.0. The third-order valence-electron chi connectivity index (χ3n) is 3.39.